The first-order valence-electron chi connectivity index (χ1n) is 6.62. The fourth-order valence-electron chi connectivity index (χ4n) is 1.92. The van der Waals surface area contributed by atoms with Crippen LogP contribution < -0.4 is 10.6 Å². The first-order chi connectivity index (χ1) is 10.3. The normalized spacial score (nSPS) is 11.1. The van der Waals surface area contributed by atoms with Crippen LogP contribution in [0, 0.1) is 6.92 Å². The summed E-state index contributed by atoms with van der Waals surface area (Å²) in [5.41, 5.74) is 1.58. The number of nitrogens with one attached hydrogen (secondary N) is 2. The molecule has 2 N–H and O–H groups in total. The van der Waals surface area contributed by atoms with Gasteiger partial charge in [-0.05, 0) is 36.8 Å². The van der Waals surface area contributed by atoms with Crippen molar-refractivity contribution in [2.75, 3.05) is 5.32 Å². The maximum absolute atomic E-state index is 12.4. The number of benzene rings is 2. The zero-order valence-electron chi connectivity index (χ0n) is 11.9. The van der Waals surface area contributed by atoms with E-state index in [-0.39, 0.29) is 0 Å². The smallest absolute Gasteiger partial charge is 0.334 e. The third-order valence-corrected chi connectivity index (χ3v) is 3.01. The molecule has 3 nitrogen and oxygen atoms in total. The van der Waals surface area contributed by atoms with Gasteiger partial charge in [0.1, 0.15) is 0 Å². The summed E-state index contributed by atoms with van der Waals surface area (Å²) in [6.45, 7) is 2.29. The Morgan fingerprint density at radius 3 is 2.36 bits per heavy atom. The minimum atomic E-state index is -4.38. The largest absolute Gasteiger partial charge is 0.416 e. The summed E-state index contributed by atoms with van der Waals surface area (Å²) in [5, 5.41) is 5.14. The highest BCUT2D eigenvalue weighted by atomic mass is 19.4. The Hall–Kier alpha value is -2.50. The van der Waals surface area contributed by atoms with Crippen molar-refractivity contribution < 1.29 is 18.0 Å². The van der Waals surface area contributed by atoms with E-state index in [1.807, 2.05) is 31.2 Å². The van der Waals surface area contributed by atoms with E-state index >= 15 is 0 Å². The Labute approximate surface area is 126 Å². The first-order valence-corrected chi connectivity index (χ1v) is 6.62. The summed E-state index contributed by atoms with van der Waals surface area (Å²) in [7, 11) is 0. The third-order valence-electron chi connectivity index (χ3n) is 3.01. The second-order valence-corrected chi connectivity index (χ2v) is 4.87. The SMILES string of the molecule is Cc1cccc(CNC(=O)Nc2ccc(C(F)(F)F)cc2)c1. The number of carbonyl (C=O) groups excluding carboxylic acids is 1. The summed E-state index contributed by atoms with van der Waals surface area (Å²) >= 11 is 0. The van der Waals surface area contributed by atoms with Crippen LogP contribution in [0.5, 0.6) is 0 Å². The third kappa shape index (κ3) is 4.51. The molecule has 2 aromatic rings. The number of anilines is 1. The fourth-order valence-corrected chi connectivity index (χ4v) is 1.92. The molecule has 22 heavy (non-hydrogen) atoms. The van der Waals surface area contributed by atoms with Crippen molar-refractivity contribution in [1.82, 2.24) is 5.32 Å². The number of carbonyl (C=O) groups is 1. The summed E-state index contributed by atoms with van der Waals surface area (Å²) in [5.74, 6) is 0. The summed E-state index contributed by atoms with van der Waals surface area (Å²) in [6.07, 6.45) is -4.38. The van der Waals surface area contributed by atoms with Crippen LogP contribution in [0.1, 0.15) is 16.7 Å². The predicted molar refractivity (Wildman–Crippen MR) is 78.5 cm³/mol. The Morgan fingerprint density at radius 2 is 1.77 bits per heavy atom. The lowest BCUT2D eigenvalue weighted by atomic mass is 10.1. The molecule has 0 radical (unpaired) electrons. The van der Waals surface area contributed by atoms with Crippen LogP contribution >= 0.6 is 0 Å². The van der Waals surface area contributed by atoms with E-state index in [9.17, 15) is 18.0 Å². The summed E-state index contributed by atoms with van der Waals surface area (Å²) in [4.78, 5) is 11.7. The van der Waals surface area contributed by atoms with Gasteiger partial charge in [-0.15, -0.1) is 0 Å². The molecule has 2 amide bonds. The van der Waals surface area contributed by atoms with Crippen LogP contribution in [0.25, 0.3) is 0 Å². The van der Waals surface area contributed by atoms with Crippen LogP contribution in [-0.2, 0) is 12.7 Å². The molecule has 0 aliphatic carbocycles. The minimum Gasteiger partial charge on any atom is -0.334 e. The van der Waals surface area contributed by atoms with Crippen molar-refractivity contribution in [1.29, 1.82) is 0 Å². The predicted octanol–water partition coefficient (Wildman–Crippen LogP) is 4.34. The topological polar surface area (TPSA) is 41.1 Å². The molecule has 0 fully saturated rings. The van der Waals surface area contributed by atoms with Crippen LogP contribution in [0.15, 0.2) is 48.5 Å². The van der Waals surface area contributed by atoms with E-state index < -0.39 is 17.8 Å². The highest BCUT2D eigenvalue weighted by Gasteiger charge is 2.29. The van der Waals surface area contributed by atoms with Gasteiger partial charge in [0.25, 0.3) is 0 Å². The van der Waals surface area contributed by atoms with Gasteiger partial charge < -0.3 is 10.6 Å². The van der Waals surface area contributed by atoms with Crippen molar-refractivity contribution in [3.63, 3.8) is 0 Å². The monoisotopic (exact) mass is 308 g/mol. The van der Waals surface area contributed by atoms with Crippen molar-refractivity contribution in [3.8, 4) is 0 Å². The zero-order chi connectivity index (χ0) is 16.2. The van der Waals surface area contributed by atoms with Crippen molar-refractivity contribution in [2.45, 2.75) is 19.6 Å². The van der Waals surface area contributed by atoms with Crippen LogP contribution in [0.4, 0.5) is 23.7 Å². The van der Waals surface area contributed by atoms with Crippen LogP contribution in [0.3, 0.4) is 0 Å². The summed E-state index contributed by atoms with van der Waals surface area (Å²) in [6, 6.07) is 11.5. The van der Waals surface area contributed by atoms with E-state index in [1.54, 1.807) is 0 Å². The second-order valence-electron chi connectivity index (χ2n) is 4.87. The molecule has 0 bridgehead atoms. The standard InChI is InChI=1S/C16H15F3N2O/c1-11-3-2-4-12(9-11)10-20-15(22)21-14-7-5-13(6-8-14)16(17,18)19/h2-9H,10H2,1H3,(H2,20,21,22). The van der Waals surface area contributed by atoms with E-state index in [0.29, 0.717) is 12.2 Å². The number of halogens is 3. The average molecular weight is 308 g/mol. The molecular weight excluding hydrogens is 293 g/mol. The molecule has 0 saturated heterocycles. The highest BCUT2D eigenvalue weighted by molar-refractivity contribution is 5.89. The van der Waals surface area contributed by atoms with Gasteiger partial charge in [0.15, 0.2) is 0 Å². The quantitative estimate of drug-likeness (QED) is 0.870. The van der Waals surface area contributed by atoms with E-state index in [0.717, 1.165) is 23.3 Å². The number of urea groups is 1. The molecule has 0 spiro atoms. The van der Waals surface area contributed by atoms with Crippen molar-refractivity contribution in [2.24, 2.45) is 0 Å². The van der Waals surface area contributed by atoms with Gasteiger partial charge in [0.2, 0.25) is 0 Å². The number of amides is 2. The maximum atomic E-state index is 12.4. The maximum Gasteiger partial charge on any atom is 0.416 e. The molecule has 0 aliphatic heterocycles. The molecule has 0 aromatic heterocycles. The highest BCUT2D eigenvalue weighted by Crippen LogP contribution is 2.29. The molecule has 2 rings (SSSR count). The van der Waals surface area contributed by atoms with E-state index in [4.69, 9.17) is 0 Å². The van der Waals surface area contributed by atoms with Crippen molar-refractivity contribution in [3.05, 3.63) is 65.2 Å². The Bertz CT molecular complexity index is 651. The van der Waals surface area contributed by atoms with Gasteiger partial charge >= 0.3 is 12.2 Å². The molecule has 2 aromatic carbocycles. The lowest BCUT2D eigenvalue weighted by Crippen LogP contribution is -2.28. The number of alkyl halides is 3. The molecule has 116 valence electrons. The number of hydrogen-bond acceptors (Lipinski definition) is 1. The molecule has 0 heterocycles. The molecule has 0 saturated carbocycles. The first kappa shape index (κ1) is 15.9. The number of aryl methyl sites for hydroxylation is 1. The lowest BCUT2D eigenvalue weighted by Gasteiger charge is -2.10. The zero-order valence-corrected chi connectivity index (χ0v) is 11.9. The number of hydrogen-bond donors (Lipinski definition) is 2. The second kappa shape index (κ2) is 6.51. The average Bonchev–Trinajstić information content (AvgIpc) is 2.45. The van der Waals surface area contributed by atoms with Crippen molar-refractivity contribution >= 4 is 11.7 Å². The number of rotatable bonds is 3. The van der Waals surface area contributed by atoms with E-state index in [2.05, 4.69) is 10.6 Å². The van der Waals surface area contributed by atoms with Gasteiger partial charge in [-0.3, -0.25) is 0 Å². The molecular formula is C16H15F3N2O. The summed E-state index contributed by atoms with van der Waals surface area (Å²) < 4.78 is 37.3. The van der Waals surface area contributed by atoms with Crippen LogP contribution in [-0.4, -0.2) is 6.03 Å². The Morgan fingerprint density at radius 1 is 1.09 bits per heavy atom. The lowest BCUT2D eigenvalue weighted by molar-refractivity contribution is -0.137. The van der Waals surface area contributed by atoms with E-state index in [1.165, 1.54) is 12.1 Å². The molecule has 6 heteroatoms. The van der Waals surface area contributed by atoms with Gasteiger partial charge in [-0.2, -0.15) is 13.2 Å². The molecule has 0 atom stereocenters. The van der Waals surface area contributed by atoms with Gasteiger partial charge in [-0.25, -0.2) is 4.79 Å². The molecule has 0 aliphatic rings. The fraction of sp³-hybridized carbons (Fsp3) is 0.188. The minimum absolute atomic E-state index is 0.301. The Balaban J connectivity index is 1.89. The molecule has 0 unspecified atom stereocenters. The van der Waals surface area contributed by atoms with Crippen LogP contribution in [0.2, 0.25) is 0 Å². The van der Waals surface area contributed by atoms with Gasteiger partial charge in [0.05, 0.1) is 5.56 Å². The van der Waals surface area contributed by atoms with Gasteiger partial charge in [-0.1, -0.05) is 29.8 Å². The Kier molecular flexibility index (Phi) is 4.70. The van der Waals surface area contributed by atoms with Gasteiger partial charge in [0, 0.05) is 12.2 Å².